The number of hydrogen-bond donors (Lipinski definition) is 4. The van der Waals surface area contributed by atoms with Crippen LogP contribution < -0.4 is 5.32 Å². The Morgan fingerprint density at radius 3 is 2.00 bits per heavy atom. The molecular weight excluding hydrogens is 502 g/mol. The monoisotopic (exact) mass is 541 g/mol. The van der Waals surface area contributed by atoms with Gasteiger partial charge in [0.05, 0.1) is 31.0 Å². The van der Waals surface area contributed by atoms with E-state index in [1.807, 2.05) is 47.4 Å². The summed E-state index contributed by atoms with van der Waals surface area (Å²) in [7, 11) is 0. The number of anilines is 1. The van der Waals surface area contributed by atoms with E-state index < -0.39 is 17.9 Å². The van der Waals surface area contributed by atoms with Gasteiger partial charge in [0.2, 0.25) is 0 Å². The molecule has 2 bridgehead atoms. The Labute approximate surface area is 229 Å². The van der Waals surface area contributed by atoms with Crippen LogP contribution in [0.4, 0.5) is 5.69 Å². The van der Waals surface area contributed by atoms with Crippen LogP contribution in [0.5, 0.6) is 0 Å². The molecule has 1 aromatic heterocycles. The molecule has 2 heterocycles. The van der Waals surface area contributed by atoms with Gasteiger partial charge >= 0.3 is 17.9 Å². The molecule has 0 fully saturated rings. The average molecular weight is 542 g/mol. The number of nitrogens with one attached hydrogen (secondary N) is 1. The zero-order valence-electron chi connectivity index (χ0n) is 22.8. The van der Waals surface area contributed by atoms with Gasteiger partial charge in [0.1, 0.15) is 0 Å². The number of carboxylic acids is 3. The third-order valence-corrected chi connectivity index (χ3v) is 6.33. The highest BCUT2D eigenvalue weighted by Gasteiger charge is 2.27. The van der Waals surface area contributed by atoms with E-state index in [2.05, 4.69) is 26.1 Å². The molecule has 39 heavy (non-hydrogen) atoms. The number of benzene rings is 1. The highest BCUT2D eigenvalue weighted by Crippen LogP contribution is 2.19. The zero-order valence-corrected chi connectivity index (χ0v) is 22.8. The maximum Gasteiger partial charge on any atom is 0.317 e. The summed E-state index contributed by atoms with van der Waals surface area (Å²) in [5, 5.41) is 32.2. The second-order valence-electron chi connectivity index (χ2n) is 11.1. The summed E-state index contributed by atoms with van der Waals surface area (Å²) >= 11 is 0. The van der Waals surface area contributed by atoms with Gasteiger partial charge in [0.15, 0.2) is 0 Å². The lowest BCUT2D eigenvalue weighted by Crippen LogP contribution is -2.50. The molecule has 1 unspecified atom stereocenters. The first kappa shape index (κ1) is 30.0. The van der Waals surface area contributed by atoms with E-state index in [9.17, 15) is 29.7 Å². The summed E-state index contributed by atoms with van der Waals surface area (Å²) < 4.78 is 0. The van der Waals surface area contributed by atoms with Crippen molar-refractivity contribution in [3.63, 3.8) is 0 Å². The summed E-state index contributed by atoms with van der Waals surface area (Å²) in [6.45, 7) is 7.04. The Kier molecular flexibility index (Phi) is 10.4. The van der Waals surface area contributed by atoms with E-state index >= 15 is 0 Å². The fourth-order valence-electron chi connectivity index (χ4n) is 4.78. The van der Waals surface area contributed by atoms with Crippen LogP contribution in [0, 0.1) is 0 Å². The number of aromatic nitrogens is 1. The molecule has 0 saturated heterocycles. The molecule has 0 spiro atoms. The van der Waals surface area contributed by atoms with Gasteiger partial charge in [0, 0.05) is 50.0 Å². The first-order valence-electron chi connectivity index (χ1n) is 13.0. The molecule has 0 amide bonds. The quantitative estimate of drug-likeness (QED) is 0.370. The molecule has 1 atom stereocenters. The van der Waals surface area contributed by atoms with Gasteiger partial charge in [-0.25, -0.2) is 0 Å². The van der Waals surface area contributed by atoms with Crippen LogP contribution in [-0.4, -0.2) is 104 Å². The van der Waals surface area contributed by atoms with Crippen LogP contribution in [0.2, 0.25) is 0 Å². The zero-order chi connectivity index (χ0) is 28.6. The van der Waals surface area contributed by atoms with Crippen LogP contribution in [0.1, 0.15) is 37.7 Å². The smallest absolute Gasteiger partial charge is 0.317 e. The summed E-state index contributed by atoms with van der Waals surface area (Å²) in [5.74, 6) is -2.96. The molecule has 212 valence electrons. The van der Waals surface area contributed by atoms with Gasteiger partial charge in [-0.2, -0.15) is 0 Å². The van der Waals surface area contributed by atoms with Crippen molar-refractivity contribution in [2.45, 2.75) is 51.9 Å². The van der Waals surface area contributed by atoms with Gasteiger partial charge in [0.25, 0.3) is 0 Å². The minimum absolute atomic E-state index is 0.0965. The average Bonchev–Trinajstić information content (AvgIpc) is 2.80. The predicted octanol–water partition coefficient (Wildman–Crippen LogP) is 2.08. The number of nitrogens with zero attached hydrogens (tertiary/aromatic N) is 4. The van der Waals surface area contributed by atoms with E-state index in [1.165, 1.54) is 0 Å². The molecule has 3 rings (SSSR count). The second-order valence-corrected chi connectivity index (χ2v) is 11.1. The van der Waals surface area contributed by atoms with Gasteiger partial charge in [-0.15, -0.1) is 0 Å². The number of hydrogen-bond acceptors (Lipinski definition) is 8. The van der Waals surface area contributed by atoms with Crippen molar-refractivity contribution in [2.75, 3.05) is 44.6 Å². The number of pyridine rings is 1. The van der Waals surface area contributed by atoms with E-state index in [1.54, 1.807) is 9.80 Å². The number of rotatable bonds is 9. The van der Waals surface area contributed by atoms with Crippen LogP contribution in [0.3, 0.4) is 0 Å². The third kappa shape index (κ3) is 10.6. The molecule has 1 aromatic carbocycles. The molecule has 1 aliphatic heterocycles. The topological polar surface area (TPSA) is 147 Å². The van der Waals surface area contributed by atoms with E-state index in [0.29, 0.717) is 44.0 Å². The third-order valence-electron chi connectivity index (χ3n) is 6.33. The molecule has 11 nitrogen and oxygen atoms in total. The molecule has 0 saturated carbocycles. The summed E-state index contributed by atoms with van der Waals surface area (Å²) in [4.78, 5) is 45.2. The van der Waals surface area contributed by atoms with Crippen molar-refractivity contribution < 1.29 is 29.7 Å². The Hall–Kier alpha value is -3.54. The Morgan fingerprint density at radius 1 is 0.846 bits per heavy atom. The summed E-state index contributed by atoms with van der Waals surface area (Å²) in [5.41, 5.74) is 3.21. The predicted molar refractivity (Wildman–Crippen MR) is 147 cm³/mol. The maximum absolute atomic E-state index is 11.9. The van der Waals surface area contributed by atoms with Crippen LogP contribution in [0.15, 0.2) is 42.5 Å². The lowest BCUT2D eigenvalue weighted by atomic mass is 10.0. The first-order valence-corrected chi connectivity index (χ1v) is 13.0. The minimum atomic E-state index is -1.00. The molecule has 1 aliphatic rings. The van der Waals surface area contributed by atoms with E-state index in [0.717, 1.165) is 11.3 Å². The normalized spacial score (nSPS) is 18.1. The molecular formula is C28H39N5O6. The number of carbonyl (C=O) groups is 3. The maximum atomic E-state index is 11.9. The first-order chi connectivity index (χ1) is 18.4. The molecule has 11 heteroatoms. The largest absolute Gasteiger partial charge is 0.480 e. The summed E-state index contributed by atoms with van der Waals surface area (Å²) in [6, 6.07) is 13.1. The Bertz CT molecular complexity index is 1130. The van der Waals surface area contributed by atoms with Crippen molar-refractivity contribution in [3.8, 4) is 0 Å². The SMILES string of the molecule is CC(C)(C)Nc1ccc(CC2CN(CC(=O)O)CCN(CC(=O)O)Cc3cccc(n3)CN2CC(=O)O)cc1. The van der Waals surface area contributed by atoms with Crippen LogP contribution >= 0.6 is 0 Å². The van der Waals surface area contributed by atoms with Crippen LogP contribution in [0.25, 0.3) is 0 Å². The fraction of sp³-hybridized carbons (Fsp3) is 0.500. The lowest BCUT2D eigenvalue weighted by molar-refractivity contribution is -0.141. The van der Waals surface area contributed by atoms with Crippen molar-refractivity contribution in [1.82, 2.24) is 19.7 Å². The van der Waals surface area contributed by atoms with Gasteiger partial charge in [-0.05, 0) is 57.0 Å². The highest BCUT2D eigenvalue weighted by molar-refractivity contribution is 5.70. The van der Waals surface area contributed by atoms with Crippen molar-refractivity contribution >= 4 is 23.6 Å². The Morgan fingerprint density at radius 2 is 1.41 bits per heavy atom. The van der Waals surface area contributed by atoms with Crippen molar-refractivity contribution in [2.24, 2.45) is 0 Å². The second kappa shape index (κ2) is 13.5. The van der Waals surface area contributed by atoms with E-state index in [-0.39, 0.29) is 37.8 Å². The van der Waals surface area contributed by atoms with Gasteiger partial charge in [-0.1, -0.05) is 18.2 Å². The van der Waals surface area contributed by atoms with Crippen molar-refractivity contribution in [3.05, 3.63) is 59.4 Å². The molecule has 0 aliphatic carbocycles. The van der Waals surface area contributed by atoms with Crippen LogP contribution in [-0.2, 0) is 33.9 Å². The number of carboxylic acid groups (broad SMARTS) is 3. The number of aliphatic carboxylic acids is 3. The Balaban J connectivity index is 1.96. The highest BCUT2D eigenvalue weighted by atomic mass is 16.4. The standard InChI is InChI=1S/C28H39N5O6/c1-28(2,3)30-21-9-7-20(8-10-21)13-24-16-32(18-26(36)37)12-11-31(17-25(34)35)14-22-5-4-6-23(29-22)15-33(24)19-27(38)39/h4-10,24,30H,11-19H2,1-3H3,(H,34,35)(H,36,37)(H,38,39). The lowest BCUT2D eigenvalue weighted by Gasteiger charge is -2.36. The molecule has 0 radical (unpaired) electrons. The van der Waals surface area contributed by atoms with E-state index in [4.69, 9.17) is 4.98 Å². The summed E-state index contributed by atoms with van der Waals surface area (Å²) in [6.07, 6.45) is 0.498. The number of fused-ring (bicyclic) bond motifs is 2. The molecule has 2 aromatic rings. The molecule has 4 N–H and O–H groups in total. The van der Waals surface area contributed by atoms with Gasteiger partial charge in [-0.3, -0.25) is 34.1 Å². The van der Waals surface area contributed by atoms with Gasteiger partial charge < -0.3 is 20.6 Å². The fourth-order valence-corrected chi connectivity index (χ4v) is 4.78. The minimum Gasteiger partial charge on any atom is -0.480 e. The van der Waals surface area contributed by atoms with Crippen molar-refractivity contribution in [1.29, 1.82) is 0 Å².